The van der Waals surface area contributed by atoms with Gasteiger partial charge in [0.05, 0.1) is 12.1 Å². The minimum absolute atomic E-state index is 0.0826. The second-order valence-corrected chi connectivity index (χ2v) is 5.59. The normalized spacial score (nSPS) is 12.0. The highest BCUT2D eigenvalue weighted by Gasteiger charge is 2.14. The number of aromatic nitrogens is 1. The van der Waals surface area contributed by atoms with E-state index < -0.39 is 0 Å². The number of nitrogens with zero attached hydrogens (tertiary/aromatic N) is 3. The second kappa shape index (κ2) is 6.80. The van der Waals surface area contributed by atoms with Gasteiger partial charge in [0.15, 0.2) is 5.69 Å². The number of aromatic amines is 1. The van der Waals surface area contributed by atoms with Crippen LogP contribution in [-0.2, 0) is 4.79 Å². The Morgan fingerprint density at radius 1 is 1.17 bits per heavy atom. The van der Waals surface area contributed by atoms with Crippen LogP contribution in [-0.4, -0.2) is 40.5 Å². The Bertz CT molecular complexity index is 910. The van der Waals surface area contributed by atoms with Crippen LogP contribution in [0.1, 0.15) is 13.8 Å². The molecule has 0 fully saturated rings. The van der Waals surface area contributed by atoms with Crippen molar-refractivity contribution in [1.82, 2.24) is 9.88 Å². The van der Waals surface area contributed by atoms with Gasteiger partial charge in [-0.05, 0) is 29.9 Å². The summed E-state index contributed by atoms with van der Waals surface area (Å²) >= 11 is 0. The van der Waals surface area contributed by atoms with Crippen molar-refractivity contribution in [3.63, 3.8) is 0 Å². The molecule has 0 aliphatic carbocycles. The van der Waals surface area contributed by atoms with Crippen LogP contribution in [0.2, 0.25) is 0 Å². The average molecular weight is 324 g/mol. The van der Waals surface area contributed by atoms with Gasteiger partial charge in [-0.25, -0.2) is 0 Å². The van der Waals surface area contributed by atoms with Crippen molar-refractivity contribution in [1.29, 1.82) is 0 Å². The summed E-state index contributed by atoms with van der Waals surface area (Å²) in [6.45, 7) is 5.76. The number of H-pyrrole nitrogens is 1. The first-order chi connectivity index (χ1) is 11.6. The zero-order chi connectivity index (χ0) is 17.1. The Balaban J connectivity index is 2.00. The maximum Gasteiger partial charge on any atom is 0.278 e. The van der Waals surface area contributed by atoms with Crippen LogP contribution in [0.15, 0.2) is 46.6 Å². The maximum atomic E-state index is 12.0. The maximum absolute atomic E-state index is 12.0. The molecule has 124 valence electrons. The molecule has 0 aliphatic rings. The van der Waals surface area contributed by atoms with Crippen LogP contribution in [0.3, 0.4) is 0 Å². The summed E-state index contributed by atoms with van der Waals surface area (Å²) in [6, 6.07) is 11.7. The number of benzene rings is 2. The van der Waals surface area contributed by atoms with Gasteiger partial charge in [0, 0.05) is 5.39 Å². The Kier molecular flexibility index (Phi) is 4.57. The standard InChI is InChI=1S/C18H20N4O2/c1-3-22(4-2)11-15(23)20-21-17-16-13-8-6-5-7-12(13)9-10-14(16)19-18(17)24/h5-10,19,24H,3-4,11H2,1-2H3. The molecule has 1 amide bonds. The summed E-state index contributed by atoms with van der Waals surface area (Å²) in [6.07, 6.45) is 0. The Morgan fingerprint density at radius 2 is 1.92 bits per heavy atom. The van der Waals surface area contributed by atoms with Crippen LogP contribution in [0.25, 0.3) is 21.7 Å². The largest absolute Gasteiger partial charge is 0.493 e. The van der Waals surface area contributed by atoms with E-state index in [-0.39, 0.29) is 18.3 Å². The molecule has 3 aromatic rings. The molecule has 3 rings (SSSR count). The molecule has 0 atom stereocenters. The molecule has 0 saturated carbocycles. The van der Waals surface area contributed by atoms with Crippen molar-refractivity contribution in [3.8, 4) is 5.88 Å². The Labute approximate surface area is 139 Å². The van der Waals surface area contributed by atoms with Gasteiger partial charge in [-0.2, -0.15) is 0 Å². The summed E-state index contributed by atoms with van der Waals surface area (Å²) in [5.74, 6) is -0.409. The minimum atomic E-state index is -0.326. The number of fused-ring (bicyclic) bond motifs is 3. The van der Waals surface area contributed by atoms with Crippen LogP contribution in [0.4, 0.5) is 5.69 Å². The van der Waals surface area contributed by atoms with E-state index in [1.165, 1.54) is 0 Å². The van der Waals surface area contributed by atoms with Gasteiger partial charge >= 0.3 is 0 Å². The minimum Gasteiger partial charge on any atom is -0.493 e. The summed E-state index contributed by atoms with van der Waals surface area (Å²) in [7, 11) is 0. The highest BCUT2D eigenvalue weighted by Crippen LogP contribution is 2.39. The molecule has 0 saturated heterocycles. The molecular weight excluding hydrogens is 304 g/mol. The molecule has 0 bridgehead atoms. The lowest BCUT2D eigenvalue weighted by molar-refractivity contribution is -0.119. The number of aromatic hydroxyl groups is 1. The van der Waals surface area contributed by atoms with Gasteiger partial charge in [-0.15, -0.1) is 10.2 Å². The van der Waals surface area contributed by atoms with E-state index >= 15 is 0 Å². The van der Waals surface area contributed by atoms with E-state index in [9.17, 15) is 9.90 Å². The molecule has 0 radical (unpaired) electrons. The van der Waals surface area contributed by atoms with E-state index in [2.05, 4.69) is 15.2 Å². The quantitative estimate of drug-likeness (QED) is 0.697. The molecule has 1 aromatic heterocycles. The average Bonchev–Trinajstić information content (AvgIpc) is 2.93. The molecule has 24 heavy (non-hydrogen) atoms. The number of azo groups is 1. The van der Waals surface area contributed by atoms with Crippen molar-refractivity contribution in [2.45, 2.75) is 13.8 Å². The van der Waals surface area contributed by atoms with Crippen molar-refractivity contribution >= 4 is 33.3 Å². The van der Waals surface area contributed by atoms with Crippen molar-refractivity contribution in [2.24, 2.45) is 10.2 Å². The van der Waals surface area contributed by atoms with Crippen LogP contribution >= 0.6 is 0 Å². The number of hydrogen-bond acceptors (Lipinski definition) is 4. The topological polar surface area (TPSA) is 81.1 Å². The fourth-order valence-corrected chi connectivity index (χ4v) is 2.81. The van der Waals surface area contributed by atoms with Crippen LogP contribution in [0, 0.1) is 0 Å². The fraction of sp³-hybridized carbons (Fsp3) is 0.278. The number of likely N-dealkylation sites (N-methyl/N-ethyl adjacent to an activating group) is 1. The van der Waals surface area contributed by atoms with E-state index in [1.54, 1.807) is 0 Å². The highest BCUT2D eigenvalue weighted by atomic mass is 16.3. The lowest BCUT2D eigenvalue weighted by Gasteiger charge is -2.14. The molecular formula is C18H20N4O2. The predicted molar refractivity (Wildman–Crippen MR) is 94.8 cm³/mol. The summed E-state index contributed by atoms with van der Waals surface area (Å²) in [5.41, 5.74) is 1.06. The molecule has 0 unspecified atom stereocenters. The van der Waals surface area contributed by atoms with Gasteiger partial charge in [0.25, 0.3) is 5.91 Å². The number of nitrogens with one attached hydrogen (secondary N) is 1. The van der Waals surface area contributed by atoms with Gasteiger partial charge in [-0.1, -0.05) is 44.2 Å². The molecule has 0 spiro atoms. The van der Waals surface area contributed by atoms with Gasteiger partial charge < -0.3 is 10.1 Å². The third-order valence-electron chi connectivity index (χ3n) is 4.16. The van der Waals surface area contributed by atoms with Gasteiger partial charge in [-0.3, -0.25) is 9.69 Å². The predicted octanol–water partition coefficient (Wildman–Crippen LogP) is 3.98. The Morgan fingerprint density at radius 3 is 2.67 bits per heavy atom. The molecule has 2 N–H and O–H groups in total. The summed E-state index contributed by atoms with van der Waals surface area (Å²) < 4.78 is 0. The monoisotopic (exact) mass is 324 g/mol. The first-order valence-electron chi connectivity index (χ1n) is 8.03. The second-order valence-electron chi connectivity index (χ2n) is 5.59. The Hall–Kier alpha value is -2.73. The molecule has 6 nitrogen and oxygen atoms in total. The summed E-state index contributed by atoms with van der Waals surface area (Å²) in [4.78, 5) is 16.8. The van der Waals surface area contributed by atoms with Gasteiger partial charge in [0.1, 0.15) is 0 Å². The fourth-order valence-electron chi connectivity index (χ4n) is 2.81. The first kappa shape index (κ1) is 16.1. The number of rotatable bonds is 5. The van der Waals surface area contributed by atoms with E-state index in [0.717, 1.165) is 34.8 Å². The number of carbonyl (C=O) groups excluding carboxylic acids is 1. The number of amides is 1. The van der Waals surface area contributed by atoms with Crippen LogP contribution < -0.4 is 0 Å². The zero-order valence-corrected chi connectivity index (χ0v) is 13.8. The van der Waals surface area contributed by atoms with E-state index in [1.807, 2.05) is 55.1 Å². The third kappa shape index (κ3) is 3.00. The number of carbonyl (C=O) groups is 1. The first-order valence-corrected chi connectivity index (χ1v) is 8.03. The summed E-state index contributed by atoms with van der Waals surface area (Å²) in [5, 5.41) is 20.7. The third-order valence-corrected chi connectivity index (χ3v) is 4.16. The van der Waals surface area contributed by atoms with Gasteiger partial charge in [0.2, 0.25) is 5.88 Å². The lowest BCUT2D eigenvalue weighted by atomic mass is 10.1. The smallest absolute Gasteiger partial charge is 0.278 e. The molecule has 6 heteroatoms. The van der Waals surface area contributed by atoms with Crippen LogP contribution in [0.5, 0.6) is 5.88 Å². The van der Waals surface area contributed by atoms with Crippen molar-refractivity contribution in [2.75, 3.05) is 19.6 Å². The molecule has 1 heterocycles. The van der Waals surface area contributed by atoms with Crippen molar-refractivity contribution in [3.05, 3.63) is 36.4 Å². The molecule has 2 aromatic carbocycles. The highest BCUT2D eigenvalue weighted by molar-refractivity contribution is 6.13. The lowest BCUT2D eigenvalue weighted by Crippen LogP contribution is -2.28. The SMILES string of the molecule is CCN(CC)CC(=O)N=Nc1c(O)[nH]c2ccc3ccccc3c12. The number of hydrogen-bond donors (Lipinski definition) is 2. The van der Waals surface area contributed by atoms with Crippen molar-refractivity contribution < 1.29 is 9.90 Å². The molecule has 0 aliphatic heterocycles. The zero-order valence-electron chi connectivity index (χ0n) is 13.8. The van der Waals surface area contributed by atoms with E-state index in [4.69, 9.17) is 0 Å². The van der Waals surface area contributed by atoms with E-state index in [0.29, 0.717) is 5.69 Å².